The lowest BCUT2D eigenvalue weighted by Crippen LogP contribution is -2.35. The van der Waals surface area contributed by atoms with Gasteiger partial charge in [-0.2, -0.15) is 13.0 Å². The molecule has 6 nitrogen and oxygen atoms in total. The van der Waals surface area contributed by atoms with Crippen LogP contribution in [0.15, 0.2) is 72.8 Å². The highest BCUT2D eigenvalue weighted by molar-refractivity contribution is 7.85. The van der Waals surface area contributed by atoms with Crippen LogP contribution in [0, 0.1) is 0 Å². The van der Waals surface area contributed by atoms with Crippen LogP contribution in [0.4, 0.5) is 0 Å². The number of methoxy groups -OCH3 is 1. The topological polar surface area (TPSA) is 76.7 Å². The van der Waals surface area contributed by atoms with Gasteiger partial charge in [0.25, 0.3) is 15.1 Å². The third kappa shape index (κ3) is 6.22. The molecule has 4 rings (SSSR count). The molecule has 8 heteroatoms. The molecule has 0 radical (unpaired) electrons. The highest BCUT2D eigenvalue weighted by atomic mass is 32.2. The van der Waals surface area contributed by atoms with Gasteiger partial charge in [-0.15, -0.1) is 0 Å². The standard InChI is InChI=1S/C26H25NO5S2/c1-31-24-18-20(12-14-23(24)32-19-21-8-3-2-4-9-21)13-15-26-27(16-7-17-34(28,29)30)22-10-5-6-11-25(22)33-26/h2-6,8-15,18H,7,16-17,19H2,1H3/p+1/b15-13+. The molecule has 4 aromatic rings. The Hall–Kier alpha value is -3.20. The smallest absolute Gasteiger partial charge is 0.265 e. The molecule has 0 aliphatic heterocycles. The van der Waals surface area contributed by atoms with Crippen LogP contribution in [0.2, 0.25) is 0 Å². The zero-order valence-corrected chi connectivity index (χ0v) is 20.4. The van der Waals surface area contributed by atoms with E-state index >= 15 is 0 Å². The minimum absolute atomic E-state index is 0.269. The Bertz CT molecular complexity index is 1400. The summed E-state index contributed by atoms with van der Waals surface area (Å²) in [4.78, 5) is 0. The first-order chi connectivity index (χ1) is 16.4. The molecule has 3 aromatic carbocycles. The van der Waals surface area contributed by atoms with E-state index in [0.717, 1.165) is 26.4 Å². The second-order valence-corrected chi connectivity index (χ2v) is 10.4. The SMILES string of the molecule is COc1cc(/C=C/c2sc3ccccc3[n+]2CCCS(=O)(=O)O)ccc1OCc1ccccc1. The Labute approximate surface area is 203 Å². The number of para-hydroxylation sites is 1. The second kappa shape index (κ2) is 10.8. The van der Waals surface area contributed by atoms with Gasteiger partial charge in [0.1, 0.15) is 11.3 Å². The van der Waals surface area contributed by atoms with Crippen LogP contribution < -0.4 is 14.0 Å². The number of hydrogen-bond acceptors (Lipinski definition) is 5. The number of hydrogen-bond donors (Lipinski definition) is 1. The first kappa shape index (κ1) is 23.9. The number of fused-ring (bicyclic) bond motifs is 1. The second-order valence-electron chi connectivity index (χ2n) is 7.72. The molecule has 176 valence electrons. The fraction of sp³-hybridized carbons (Fsp3) is 0.192. The molecule has 1 N–H and O–H groups in total. The highest BCUT2D eigenvalue weighted by Crippen LogP contribution is 2.30. The van der Waals surface area contributed by atoms with Crippen LogP contribution >= 0.6 is 11.3 Å². The fourth-order valence-corrected chi connectivity index (χ4v) is 5.21. The third-order valence-corrected chi connectivity index (χ3v) is 7.20. The monoisotopic (exact) mass is 496 g/mol. The van der Waals surface area contributed by atoms with Gasteiger partial charge in [0, 0.05) is 18.6 Å². The maximum atomic E-state index is 11.1. The van der Waals surface area contributed by atoms with Crippen molar-refractivity contribution in [3.8, 4) is 11.5 Å². The first-order valence-electron chi connectivity index (χ1n) is 10.8. The largest absolute Gasteiger partial charge is 0.493 e. The van der Waals surface area contributed by atoms with Gasteiger partial charge in [-0.25, -0.2) is 0 Å². The summed E-state index contributed by atoms with van der Waals surface area (Å²) in [6.07, 6.45) is 4.33. The molecule has 1 aromatic heterocycles. The third-order valence-electron chi connectivity index (χ3n) is 5.26. The minimum Gasteiger partial charge on any atom is -0.493 e. The summed E-state index contributed by atoms with van der Waals surface area (Å²) in [6, 6.07) is 23.7. The molecule has 0 aliphatic rings. The Balaban J connectivity index is 1.54. The van der Waals surface area contributed by atoms with E-state index in [1.54, 1.807) is 18.4 Å². The summed E-state index contributed by atoms with van der Waals surface area (Å²) in [7, 11) is -2.37. The van der Waals surface area contributed by atoms with Crippen molar-refractivity contribution in [3.63, 3.8) is 0 Å². The molecule has 0 unspecified atom stereocenters. The summed E-state index contributed by atoms with van der Waals surface area (Å²) in [6.45, 7) is 0.941. The van der Waals surface area contributed by atoms with E-state index in [9.17, 15) is 8.42 Å². The van der Waals surface area contributed by atoms with E-state index in [1.807, 2.05) is 84.9 Å². The van der Waals surface area contributed by atoms with Crippen LogP contribution in [-0.4, -0.2) is 25.8 Å². The Morgan fingerprint density at radius 3 is 2.50 bits per heavy atom. The van der Waals surface area contributed by atoms with Crippen molar-refractivity contribution in [2.45, 2.75) is 19.6 Å². The van der Waals surface area contributed by atoms with Crippen molar-refractivity contribution in [2.75, 3.05) is 12.9 Å². The van der Waals surface area contributed by atoms with Gasteiger partial charge in [-0.05, 0) is 35.4 Å². The van der Waals surface area contributed by atoms with Gasteiger partial charge in [0.2, 0.25) is 5.52 Å². The van der Waals surface area contributed by atoms with Crippen LogP contribution in [0.25, 0.3) is 22.4 Å². The number of ether oxygens (including phenoxy) is 2. The minimum atomic E-state index is -3.99. The lowest BCUT2D eigenvalue weighted by atomic mass is 10.2. The van der Waals surface area contributed by atoms with Crippen molar-refractivity contribution in [1.29, 1.82) is 0 Å². The van der Waals surface area contributed by atoms with Crippen molar-refractivity contribution in [3.05, 3.63) is 88.9 Å². The molecule has 0 spiro atoms. The van der Waals surface area contributed by atoms with Gasteiger partial charge in [0.05, 0.1) is 12.9 Å². The maximum Gasteiger partial charge on any atom is 0.265 e. The summed E-state index contributed by atoms with van der Waals surface area (Å²) < 4.78 is 46.0. The lowest BCUT2D eigenvalue weighted by molar-refractivity contribution is -0.668. The van der Waals surface area contributed by atoms with Gasteiger partial charge >= 0.3 is 0 Å². The average Bonchev–Trinajstić information content (AvgIpc) is 3.19. The number of aromatic nitrogens is 1. The highest BCUT2D eigenvalue weighted by Gasteiger charge is 2.19. The van der Waals surface area contributed by atoms with E-state index in [-0.39, 0.29) is 5.75 Å². The predicted octanol–water partition coefficient (Wildman–Crippen LogP) is 5.22. The van der Waals surface area contributed by atoms with Crippen LogP contribution in [0.5, 0.6) is 11.5 Å². The Kier molecular flexibility index (Phi) is 7.62. The van der Waals surface area contributed by atoms with E-state index < -0.39 is 10.1 Å². The summed E-state index contributed by atoms with van der Waals surface area (Å²) in [5.41, 5.74) is 3.06. The van der Waals surface area contributed by atoms with Crippen LogP contribution in [-0.2, 0) is 23.3 Å². The zero-order valence-electron chi connectivity index (χ0n) is 18.8. The Morgan fingerprint density at radius 1 is 0.971 bits per heavy atom. The predicted molar refractivity (Wildman–Crippen MR) is 136 cm³/mol. The number of thiazole rings is 1. The molecule has 0 bridgehead atoms. The van der Waals surface area contributed by atoms with E-state index in [4.69, 9.17) is 14.0 Å². The molecule has 1 heterocycles. The van der Waals surface area contributed by atoms with Gasteiger partial charge in [0.15, 0.2) is 18.0 Å². The first-order valence-corrected chi connectivity index (χ1v) is 13.2. The summed E-state index contributed by atoms with van der Waals surface area (Å²) >= 11 is 1.63. The van der Waals surface area contributed by atoms with Crippen molar-refractivity contribution < 1.29 is 27.0 Å². The molecule has 0 fully saturated rings. The van der Waals surface area contributed by atoms with E-state index in [1.165, 1.54) is 0 Å². The van der Waals surface area contributed by atoms with E-state index in [0.29, 0.717) is 31.1 Å². The molecule has 0 atom stereocenters. The van der Waals surface area contributed by atoms with Crippen molar-refractivity contribution in [2.24, 2.45) is 0 Å². The van der Waals surface area contributed by atoms with Gasteiger partial charge < -0.3 is 9.47 Å². The fourth-order valence-electron chi connectivity index (χ4n) is 3.62. The molecule has 34 heavy (non-hydrogen) atoms. The number of rotatable bonds is 10. The average molecular weight is 497 g/mol. The molecule has 0 amide bonds. The van der Waals surface area contributed by atoms with Gasteiger partial charge in [-0.3, -0.25) is 4.55 Å². The number of benzene rings is 3. The van der Waals surface area contributed by atoms with E-state index in [2.05, 4.69) is 4.57 Å². The summed E-state index contributed by atoms with van der Waals surface area (Å²) in [5.74, 6) is 1.05. The zero-order chi connectivity index (χ0) is 24.0. The molecular formula is C26H26NO5S2+. The number of nitrogens with zero attached hydrogens (tertiary/aromatic N) is 1. The maximum absolute atomic E-state index is 11.1. The molecule has 0 saturated carbocycles. The number of aryl methyl sites for hydroxylation is 1. The van der Waals surface area contributed by atoms with Crippen LogP contribution in [0.3, 0.4) is 0 Å². The quantitative estimate of drug-likeness (QED) is 0.240. The lowest BCUT2D eigenvalue weighted by Gasteiger charge is -2.11. The molecule has 0 aliphatic carbocycles. The van der Waals surface area contributed by atoms with Crippen LogP contribution in [0.1, 0.15) is 22.6 Å². The molecule has 0 saturated heterocycles. The van der Waals surface area contributed by atoms with Crippen molar-refractivity contribution in [1.82, 2.24) is 0 Å². The van der Waals surface area contributed by atoms with Crippen molar-refractivity contribution >= 4 is 43.8 Å². The van der Waals surface area contributed by atoms with Gasteiger partial charge in [-0.1, -0.05) is 59.9 Å². The Morgan fingerprint density at radius 2 is 1.74 bits per heavy atom. The summed E-state index contributed by atoms with van der Waals surface area (Å²) in [5, 5.41) is 0.986. The normalized spacial score (nSPS) is 11.8. The molecular weight excluding hydrogens is 470 g/mol.